The average molecular weight is 312 g/mol. The molecule has 1 aromatic carbocycles. The molecule has 5 nitrogen and oxygen atoms in total. The molecule has 0 radical (unpaired) electrons. The molecule has 0 amide bonds. The number of hydrogen-bond donors (Lipinski definition) is 1. The molecular formula is C15H24N2O3S. The monoisotopic (exact) mass is 312 g/mol. The van der Waals surface area contributed by atoms with E-state index in [1.54, 1.807) is 16.4 Å². The van der Waals surface area contributed by atoms with Crippen LogP contribution < -0.4 is 10.5 Å². The summed E-state index contributed by atoms with van der Waals surface area (Å²) in [5.74, 6) is 0.340. The third kappa shape index (κ3) is 3.49. The summed E-state index contributed by atoms with van der Waals surface area (Å²) >= 11 is 0. The fourth-order valence-corrected chi connectivity index (χ4v) is 4.34. The van der Waals surface area contributed by atoms with Crippen molar-refractivity contribution in [3.05, 3.63) is 18.2 Å². The summed E-state index contributed by atoms with van der Waals surface area (Å²) in [5, 5.41) is 0. The van der Waals surface area contributed by atoms with E-state index in [1.165, 1.54) is 13.2 Å². The first-order chi connectivity index (χ1) is 9.76. The maximum Gasteiger partial charge on any atom is 0.246 e. The lowest BCUT2D eigenvalue weighted by Gasteiger charge is -2.23. The Morgan fingerprint density at radius 2 is 1.95 bits per heavy atom. The van der Waals surface area contributed by atoms with Gasteiger partial charge >= 0.3 is 0 Å². The highest BCUT2D eigenvalue weighted by Gasteiger charge is 2.32. The number of methoxy groups -OCH3 is 1. The molecule has 0 aliphatic carbocycles. The van der Waals surface area contributed by atoms with Crippen LogP contribution in [0.1, 0.15) is 33.1 Å². The van der Waals surface area contributed by atoms with E-state index >= 15 is 0 Å². The van der Waals surface area contributed by atoms with Crippen LogP contribution in [0.25, 0.3) is 0 Å². The van der Waals surface area contributed by atoms with E-state index in [1.807, 2.05) is 0 Å². The summed E-state index contributed by atoms with van der Waals surface area (Å²) in [6.45, 7) is 5.45. The van der Waals surface area contributed by atoms with E-state index in [0.29, 0.717) is 24.5 Å². The Morgan fingerprint density at radius 3 is 2.62 bits per heavy atom. The highest BCUT2D eigenvalue weighted by atomic mass is 32.2. The van der Waals surface area contributed by atoms with E-state index in [4.69, 9.17) is 10.5 Å². The van der Waals surface area contributed by atoms with Crippen molar-refractivity contribution in [1.82, 2.24) is 4.31 Å². The van der Waals surface area contributed by atoms with E-state index in [-0.39, 0.29) is 10.3 Å². The quantitative estimate of drug-likeness (QED) is 0.870. The Labute approximate surface area is 127 Å². The SMILES string of the molecule is COc1ccc(N)cc1S(=O)(=O)N1CCCC(C)(C)CC1. The van der Waals surface area contributed by atoms with Crippen LogP contribution in [0.5, 0.6) is 5.75 Å². The molecule has 0 bridgehead atoms. The van der Waals surface area contributed by atoms with Crippen molar-refractivity contribution in [3.63, 3.8) is 0 Å². The van der Waals surface area contributed by atoms with Gasteiger partial charge in [-0.2, -0.15) is 4.31 Å². The smallest absolute Gasteiger partial charge is 0.246 e. The Kier molecular flexibility index (Phi) is 4.49. The molecule has 0 aromatic heterocycles. The van der Waals surface area contributed by atoms with Crippen molar-refractivity contribution in [2.24, 2.45) is 5.41 Å². The van der Waals surface area contributed by atoms with Crippen LogP contribution in [-0.2, 0) is 10.0 Å². The highest BCUT2D eigenvalue weighted by molar-refractivity contribution is 7.89. The van der Waals surface area contributed by atoms with Gasteiger partial charge in [0, 0.05) is 18.8 Å². The predicted octanol–water partition coefficient (Wildman–Crippen LogP) is 2.48. The third-order valence-electron chi connectivity index (χ3n) is 4.10. The van der Waals surface area contributed by atoms with Crippen LogP contribution >= 0.6 is 0 Å². The Balaban J connectivity index is 2.36. The molecule has 0 unspecified atom stereocenters. The second-order valence-electron chi connectivity index (χ2n) is 6.33. The number of benzene rings is 1. The molecule has 0 atom stereocenters. The molecule has 2 rings (SSSR count). The first-order valence-electron chi connectivity index (χ1n) is 7.20. The summed E-state index contributed by atoms with van der Waals surface area (Å²) in [5.41, 5.74) is 6.35. The largest absolute Gasteiger partial charge is 0.495 e. The van der Waals surface area contributed by atoms with Crippen LogP contribution in [0.2, 0.25) is 0 Å². The zero-order valence-electron chi connectivity index (χ0n) is 12.9. The van der Waals surface area contributed by atoms with Crippen molar-refractivity contribution >= 4 is 15.7 Å². The number of rotatable bonds is 3. The molecule has 1 heterocycles. The first-order valence-corrected chi connectivity index (χ1v) is 8.64. The second kappa shape index (κ2) is 5.85. The van der Waals surface area contributed by atoms with E-state index < -0.39 is 10.0 Å². The molecule has 0 saturated carbocycles. The van der Waals surface area contributed by atoms with Crippen molar-refractivity contribution in [2.45, 2.75) is 38.0 Å². The van der Waals surface area contributed by atoms with Crippen LogP contribution in [0.3, 0.4) is 0 Å². The van der Waals surface area contributed by atoms with Crippen LogP contribution in [-0.4, -0.2) is 32.9 Å². The van der Waals surface area contributed by atoms with Crippen LogP contribution in [0.15, 0.2) is 23.1 Å². The summed E-state index contributed by atoms with van der Waals surface area (Å²) in [6.07, 6.45) is 2.76. The van der Waals surface area contributed by atoms with Gasteiger partial charge in [0.1, 0.15) is 10.6 Å². The van der Waals surface area contributed by atoms with Gasteiger partial charge in [-0.25, -0.2) is 8.42 Å². The Morgan fingerprint density at radius 1 is 1.24 bits per heavy atom. The number of hydrogen-bond acceptors (Lipinski definition) is 4. The number of nitrogens with zero attached hydrogens (tertiary/aromatic N) is 1. The normalized spacial score (nSPS) is 20.0. The minimum Gasteiger partial charge on any atom is -0.495 e. The Bertz CT molecular complexity index is 611. The molecule has 118 valence electrons. The molecule has 0 spiro atoms. The third-order valence-corrected chi connectivity index (χ3v) is 6.02. The van der Waals surface area contributed by atoms with Gasteiger partial charge in [0.2, 0.25) is 10.0 Å². The molecule has 1 fully saturated rings. The summed E-state index contributed by atoms with van der Waals surface area (Å²) < 4.78 is 32.5. The number of ether oxygens (including phenoxy) is 1. The predicted molar refractivity (Wildman–Crippen MR) is 83.8 cm³/mol. The van der Waals surface area contributed by atoms with Gasteiger partial charge in [-0.15, -0.1) is 0 Å². The molecule has 1 aliphatic heterocycles. The van der Waals surface area contributed by atoms with Crippen LogP contribution in [0, 0.1) is 5.41 Å². The van der Waals surface area contributed by atoms with E-state index in [0.717, 1.165) is 19.3 Å². The molecular weight excluding hydrogens is 288 g/mol. The van der Waals surface area contributed by atoms with Gasteiger partial charge < -0.3 is 10.5 Å². The number of nitrogen functional groups attached to an aromatic ring is 1. The zero-order valence-corrected chi connectivity index (χ0v) is 13.7. The average Bonchev–Trinajstić information content (AvgIpc) is 2.60. The fourth-order valence-electron chi connectivity index (χ4n) is 2.67. The molecule has 1 aliphatic rings. The number of nitrogens with two attached hydrogens (primary N) is 1. The first kappa shape index (κ1) is 16.1. The number of anilines is 1. The van der Waals surface area contributed by atoms with Crippen molar-refractivity contribution in [2.75, 3.05) is 25.9 Å². The minimum atomic E-state index is -3.57. The maximum absolute atomic E-state index is 12.9. The lowest BCUT2D eigenvalue weighted by Crippen LogP contribution is -2.32. The van der Waals surface area contributed by atoms with Gasteiger partial charge in [-0.3, -0.25) is 0 Å². The standard InChI is InChI=1S/C15H24N2O3S/c1-15(2)7-4-9-17(10-8-15)21(18,19)14-11-12(16)5-6-13(14)20-3/h5-6,11H,4,7-10,16H2,1-3H3. The van der Waals surface area contributed by atoms with Gasteiger partial charge in [-0.1, -0.05) is 13.8 Å². The lowest BCUT2D eigenvalue weighted by atomic mass is 9.85. The minimum absolute atomic E-state index is 0.157. The molecule has 1 saturated heterocycles. The van der Waals surface area contributed by atoms with Gasteiger partial charge in [0.05, 0.1) is 7.11 Å². The Hall–Kier alpha value is -1.27. The molecule has 2 N–H and O–H groups in total. The highest BCUT2D eigenvalue weighted by Crippen LogP contribution is 2.34. The van der Waals surface area contributed by atoms with Gasteiger partial charge in [-0.05, 0) is 42.9 Å². The maximum atomic E-state index is 12.9. The van der Waals surface area contributed by atoms with Gasteiger partial charge in [0.15, 0.2) is 0 Å². The summed E-state index contributed by atoms with van der Waals surface area (Å²) in [6, 6.07) is 4.72. The topological polar surface area (TPSA) is 72.6 Å². The van der Waals surface area contributed by atoms with Crippen molar-refractivity contribution in [1.29, 1.82) is 0 Å². The van der Waals surface area contributed by atoms with Crippen molar-refractivity contribution in [3.8, 4) is 5.75 Å². The second-order valence-corrected chi connectivity index (χ2v) is 8.24. The fraction of sp³-hybridized carbons (Fsp3) is 0.600. The van der Waals surface area contributed by atoms with Gasteiger partial charge in [0.25, 0.3) is 0 Å². The molecule has 6 heteroatoms. The van der Waals surface area contributed by atoms with Crippen LogP contribution in [0.4, 0.5) is 5.69 Å². The van der Waals surface area contributed by atoms with Crippen molar-refractivity contribution < 1.29 is 13.2 Å². The van der Waals surface area contributed by atoms with E-state index in [9.17, 15) is 8.42 Å². The summed E-state index contributed by atoms with van der Waals surface area (Å²) in [7, 11) is -2.10. The lowest BCUT2D eigenvalue weighted by molar-refractivity contribution is 0.314. The zero-order chi connectivity index (χ0) is 15.7. The number of sulfonamides is 1. The summed E-state index contributed by atoms with van der Waals surface area (Å²) in [4.78, 5) is 0.157. The van der Waals surface area contributed by atoms with E-state index in [2.05, 4.69) is 13.8 Å². The molecule has 21 heavy (non-hydrogen) atoms. The molecule has 1 aromatic rings.